The maximum atomic E-state index is 4.39. The Bertz CT molecular complexity index is 617. The van der Waals surface area contributed by atoms with E-state index in [1.165, 1.54) is 5.56 Å². The van der Waals surface area contributed by atoms with Crippen LogP contribution in [-0.2, 0) is 6.54 Å². The van der Waals surface area contributed by atoms with Crippen molar-refractivity contribution in [1.29, 1.82) is 0 Å². The van der Waals surface area contributed by atoms with Gasteiger partial charge in [0, 0.05) is 11.8 Å². The highest BCUT2D eigenvalue weighted by molar-refractivity contribution is 5.63. The van der Waals surface area contributed by atoms with Crippen LogP contribution in [-0.4, -0.2) is 19.7 Å². The number of aromatic nitrogens is 4. The standard InChI is InChI=1S/C14H12N4/c1-2-6-13(14-7-3-4-8-16-14)12(5-1)9-18-11-15-10-17-18/h1-8,10-11H,9H2. The van der Waals surface area contributed by atoms with Crippen molar-refractivity contribution in [3.8, 4) is 11.3 Å². The Morgan fingerprint density at radius 1 is 1.00 bits per heavy atom. The zero-order valence-electron chi connectivity index (χ0n) is 9.77. The summed E-state index contributed by atoms with van der Waals surface area (Å²) >= 11 is 0. The predicted molar refractivity (Wildman–Crippen MR) is 68.8 cm³/mol. The molecular formula is C14H12N4. The van der Waals surface area contributed by atoms with Gasteiger partial charge in [-0.1, -0.05) is 30.3 Å². The van der Waals surface area contributed by atoms with Crippen LogP contribution in [0.15, 0.2) is 61.3 Å². The van der Waals surface area contributed by atoms with Crippen LogP contribution in [0.5, 0.6) is 0 Å². The van der Waals surface area contributed by atoms with Gasteiger partial charge in [-0.2, -0.15) is 5.10 Å². The van der Waals surface area contributed by atoms with Crippen molar-refractivity contribution in [2.24, 2.45) is 0 Å². The molecule has 0 N–H and O–H groups in total. The molecule has 0 saturated carbocycles. The summed E-state index contributed by atoms with van der Waals surface area (Å²) in [4.78, 5) is 8.35. The monoisotopic (exact) mass is 236 g/mol. The molecule has 2 aromatic heterocycles. The van der Waals surface area contributed by atoms with Crippen LogP contribution < -0.4 is 0 Å². The first-order valence-corrected chi connectivity index (χ1v) is 5.75. The summed E-state index contributed by atoms with van der Waals surface area (Å²) < 4.78 is 1.81. The van der Waals surface area contributed by atoms with E-state index in [1.54, 1.807) is 12.7 Å². The Balaban J connectivity index is 2.00. The molecule has 0 atom stereocenters. The van der Waals surface area contributed by atoms with E-state index < -0.39 is 0 Å². The van der Waals surface area contributed by atoms with Crippen LogP contribution in [0, 0.1) is 0 Å². The van der Waals surface area contributed by atoms with Gasteiger partial charge in [0.2, 0.25) is 0 Å². The Kier molecular flexibility index (Phi) is 2.84. The number of rotatable bonds is 3. The summed E-state index contributed by atoms with van der Waals surface area (Å²) in [6.45, 7) is 0.701. The summed E-state index contributed by atoms with van der Waals surface area (Å²) in [6.07, 6.45) is 5.07. The molecule has 88 valence electrons. The second-order valence-electron chi connectivity index (χ2n) is 3.97. The Labute approximate surface area is 105 Å². The lowest BCUT2D eigenvalue weighted by atomic mass is 10.0. The molecule has 3 aromatic rings. The zero-order valence-corrected chi connectivity index (χ0v) is 9.77. The zero-order chi connectivity index (χ0) is 12.2. The number of hydrogen-bond donors (Lipinski definition) is 0. The van der Waals surface area contributed by atoms with Crippen molar-refractivity contribution < 1.29 is 0 Å². The van der Waals surface area contributed by atoms with Gasteiger partial charge >= 0.3 is 0 Å². The predicted octanol–water partition coefficient (Wildman–Crippen LogP) is 2.39. The quantitative estimate of drug-likeness (QED) is 0.701. The molecule has 0 fully saturated rings. The lowest BCUT2D eigenvalue weighted by molar-refractivity contribution is 0.685. The number of nitrogens with zero attached hydrogens (tertiary/aromatic N) is 4. The first-order valence-electron chi connectivity index (χ1n) is 5.75. The van der Waals surface area contributed by atoms with E-state index in [-0.39, 0.29) is 0 Å². The van der Waals surface area contributed by atoms with Crippen LogP contribution in [0.3, 0.4) is 0 Å². The fourth-order valence-corrected chi connectivity index (χ4v) is 1.92. The average molecular weight is 236 g/mol. The fraction of sp³-hybridized carbons (Fsp3) is 0.0714. The molecule has 1 aromatic carbocycles. The smallest absolute Gasteiger partial charge is 0.137 e. The average Bonchev–Trinajstić information content (AvgIpc) is 2.93. The van der Waals surface area contributed by atoms with Crippen LogP contribution in [0.25, 0.3) is 11.3 Å². The normalized spacial score (nSPS) is 10.4. The molecule has 2 heterocycles. The van der Waals surface area contributed by atoms with Gasteiger partial charge in [0.1, 0.15) is 12.7 Å². The molecule has 0 aliphatic carbocycles. The minimum absolute atomic E-state index is 0.701. The second kappa shape index (κ2) is 4.79. The van der Waals surface area contributed by atoms with Gasteiger partial charge in [-0.05, 0) is 17.7 Å². The third kappa shape index (κ3) is 2.13. The Hall–Kier alpha value is -2.49. The highest BCUT2D eigenvalue weighted by Gasteiger charge is 2.05. The van der Waals surface area contributed by atoms with Crippen molar-refractivity contribution in [3.05, 3.63) is 66.9 Å². The van der Waals surface area contributed by atoms with E-state index in [9.17, 15) is 0 Å². The van der Waals surface area contributed by atoms with E-state index in [0.717, 1.165) is 11.3 Å². The molecule has 0 amide bonds. The summed E-state index contributed by atoms with van der Waals surface area (Å²) in [5, 5.41) is 4.13. The van der Waals surface area contributed by atoms with E-state index in [2.05, 4.69) is 27.2 Å². The molecule has 0 bridgehead atoms. The summed E-state index contributed by atoms with van der Waals surface area (Å²) in [6, 6.07) is 14.1. The lowest BCUT2D eigenvalue weighted by Gasteiger charge is -2.08. The van der Waals surface area contributed by atoms with Crippen LogP contribution in [0.2, 0.25) is 0 Å². The van der Waals surface area contributed by atoms with Crippen molar-refractivity contribution in [2.45, 2.75) is 6.54 Å². The van der Waals surface area contributed by atoms with Crippen LogP contribution in [0.4, 0.5) is 0 Å². The van der Waals surface area contributed by atoms with E-state index in [0.29, 0.717) is 6.54 Å². The van der Waals surface area contributed by atoms with Crippen LogP contribution >= 0.6 is 0 Å². The molecule has 4 heteroatoms. The molecule has 0 radical (unpaired) electrons. The van der Waals surface area contributed by atoms with Gasteiger partial charge in [-0.3, -0.25) is 4.98 Å². The molecule has 0 saturated heterocycles. The van der Waals surface area contributed by atoms with Gasteiger partial charge < -0.3 is 0 Å². The van der Waals surface area contributed by atoms with Gasteiger partial charge in [0.05, 0.1) is 12.2 Å². The maximum absolute atomic E-state index is 4.39. The first kappa shape index (κ1) is 10.7. The van der Waals surface area contributed by atoms with Crippen molar-refractivity contribution in [2.75, 3.05) is 0 Å². The molecule has 0 unspecified atom stereocenters. The number of hydrogen-bond acceptors (Lipinski definition) is 3. The van der Waals surface area contributed by atoms with E-state index in [1.807, 2.05) is 41.2 Å². The summed E-state index contributed by atoms with van der Waals surface area (Å²) in [7, 11) is 0. The topological polar surface area (TPSA) is 43.6 Å². The van der Waals surface area contributed by atoms with E-state index >= 15 is 0 Å². The molecule has 0 aliphatic heterocycles. The van der Waals surface area contributed by atoms with Gasteiger partial charge in [-0.25, -0.2) is 9.67 Å². The fourth-order valence-electron chi connectivity index (χ4n) is 1.92. The van der Waals surface area contributed by atoms with Crippen molar-refractivity contribution in [3.63, 3.8) is 0 Å². The highest BCUT2D eigenvalue weighted by atomic mass is 15.3. The van der Waals surface area contributed by atoms with Crippen molar-refractivity contribution in [1.82, 2.24) is 19.7 Å². The third-order valence-corrected chi connectivity index (χ3v) is 2.76. The van der Waals surface area contributed by atoms with E-state index in [4.69, 9.17) is 0 Å². The van der Waals surface area contributed by atoms with Crippen molar-refractivity contribution >= 4 is 0 Å². The number of pyridine rings is 1. The maximum Gasteiger partial charge on any atom is 0.137 e. The second-order valence-corrected chi connectivity index (χ2v) is 3.97. The molecule has 0 spiro atoms. The van der Waals surface area contributed by atoms with Gasteiger partial charge in [0.15, 0.2) is 0 Å². The van der Waals surface area contributed by atoms with Crippen LogP contribution in [0.1, 0.15) is 5.56 Å². The first-order chi connectivity index (χ1) is 8.93. The summed E-state index contributed by atoms with van der Waals surface area (Å²) in [5.41, 5.74) is 3.29. The largest absolute Gasteiger partial charge is 0.256 e. The molecule has 0 aliphatic rings. The molecular weight excluding hydrogens is 224 g/mol. The summed E-state index contributed by atoms with van der Waals surface area (Å²) in [5.74, 6) is 0. The lowest BCUT2D eigenvalue weighted by Crippen LogP contribution is -2.02. The minimum atomic E-state index is 0.701. The molecule has 3 rings (SSSR count). The SMILES string of the molecule is c1ccc(-c2ccccc2Cn2cncn2)nc1. The molecule has 4 nitrogen and oxygen atoms in total. The third-order valence-electron chi connectivity index (χ3n) is 2.76. The Morgan fingerprint density at radius 2 is 1.89 bits per heavy atom. The van der Waals surface area contributed by atoms with Gasteiger partial charge in [0.25, 0.3) is 0 Å². The highest BCUT2D eigenvalue weighted by Crippen LogP contribution is 2.21. The Morgan fingerprint density at radius 3 is 2.67 bits per heavy atom. The molecule has 18 heavy (non-hydrogen) atoms. The number of benzene rings is 1. The van der Waals surface area contributed by atoms with Gasteiger partial charge in [-0.15, -0.1) is 0 Å². The minimum Gasteiger partial charge on any atom is -0.256 e.